The minimum atomic E-state index is 0.146. The topological polar surface area (TPSA) is 65.0 Å². The molecule has 0 spiro atoms. The van der Waals surface area contributed by atoms with Crippen LogP contribution in [0.25, 0.3) is 0 Å². The number of imidazole rings is 1. The van der Waals surface area contributed by atoms with Gasteiger partial charge >= 0.3 is 0 Å². The molecule has 5 nitrogen and oxygen atoms in total. The van der Waals surface area contributed by atoms with Crippen LogP contribution in [0, 0.1) is 6.92 Å². The molecule has 96 valence electrons. The number of hydrogen-bond donors (Lipinski definition) is 2. The second kappa shape index (κ2) is 6.28. The minimum absolute atomic E-state index is 0.146. The molecular weight excluding hydrogens is 228 g/mol. The van der Waals surface area contributed by atoms with E-state index in [1.165, 1.54) is 0 Å². The number of nitrogens with one attached hydrogen (secondary N) is 1. The number of H-pyrrole nitrogens is 1. The van der Waals surface area contributed by atoms with Gasteiger partial charge in [0.25, 0.3) is 0 Å². The van der Waals surface area contributed by atoms with E-state index in [1.54, 1.807) is 6.20 Å². The van der Waals surface area contributed by atoms with Crippen LogP contribution in [0.15, 0.2) is 30.7 Å². The number of aromatic amines is 1. The zero-order valence-electron chi connectivity index (χ0n) is 10.5. The molecule has 2 heterocycles. The van der Waals surface area contributed by atoms with E-state index in [9.17, 15) is 0 Å². The van der Waals surface area contributed by atoms with Gasteiger partial charge in [-0.05, 0) is 18.6 Å². The Balaban J connectivity index is 1.99. The molecule has 18 heavy (non-hydrogen) atoms. The summed E-state index contributed by atoms with van der Waals surface area (Å²) in [5.41, 5.74) is 2.20. The zero-order valence-corrected chi connectivity index (χ0v) is 10.5. The number of hydrogen-bond acceptors (Lipinski definition) is 4. The van der Waals surface area contributed by atoms with E-state index < -0.39 is 0 Å². The van der Waals surface area contributed by atoms with Crippen molar-refractivity contribution < 1.29 is 5.11 Å². The van der Waals surface area contributed by atoms with Gasteiger partial charge in [0.1, 0.15) is 5.82 Å². The summed E-state index contributed by atoms with van der Waals surface area (Å²) in [5, 5.41) is 9.11. The van der Waals surface area contributed by atoms with Crippen LogP contribution in [-0.4, -0.2) is 38.1 Å². The van der Waals surface area contributed by atoms with Crippen LogP contribution in [0.3, 0.4) is 0 Å². The van der Waals surface area contributed by atoms with E-state index in [1.807, 2.05) is 31.5 Å². The number of aryl methyl sites for hydroxylation is 1. The Labute approximate surface area is 107 Å². The van der Waals surface area contributed by atoms with Crippen molar-refractivity contribution in [3.63, 3.8) is 0 Å². The molecule has 0 atom stereocenters. The van der Waals surface area contributed by atoms with Crippen molar-refractivity contribution in [2.45, 2.75) is 20.0 Å². The molecule has 0 bridgehead atoms. The summed E-state index contributed by atoms with van der Waals surface area (Å²) in [4.78, 5) is 13.6. The number of pyridine rings is 1. The Bertz CT molecular complexity index is 469. The molecule has 0 amide bonds. The number of rotatable bonds is 6. The maximum Gasteiger partial charge on any atom is 0.103 e. The molecule has 0 saturated carbocycles. The molecule has 0 aliphatic carbocycles. The molecule has 2 rings (SSSR count). The summed E-state index contributed by atoms with van der Waals surface area (Å²) in [6.45, 7) is 4.23. The van der Waals surface area contributed by atoms with Gasteiger partial charge in [0.15, 0.2) is 0 Å². The van der Waals surface area contributed by atoms with Gasteiger partial charge in [-0.3, -0.25) is 9.88 Å². The second-order valence-corrected chi connectivity index (χ2v) is 4.29. The average molecular weight is 246 g/mol. The molecule has 0 fully saturated rings. The van der Waals surface area contributed by atoms with E-state index in [0.29, 0.717) is 6.54 Å². The third-order valence-corrected chi connectivity index (χ3v) is 2.69. The summed E-state index contributed by atoms with van der Waals surface area (Å²) >= 11 is 0. The molecule has 2 aromatic heterocycles. The van der Waals surface area contributed by atoms with Gasteiger partial charge < -0.3 is 10.1 Å². The average Bonchev–Trinajstić information content (AvgIpc) is 2.76. The van der Waals surface area contributed by atoms with Crippen LogP contribution < -0.4 is 0 Å². The van der Waals surface area contributed by atoms with Crippen molar-refractivity contribution >= 4 is 0 Å². The van der Waals surface area contributed by atoms with Gasteiger partial charge in [-0.25, -0.2) is 4.98 Å². The lowest BCUT2D eigenvalue weighted by Crippen LogP contribution is -2.26. The van der Waals surface area contributed by atoms with E-state index in [2.05, 4.69) is 19.9 Å². The van der Waals surface area contributed by atoms with E-state index in [4.69, 9.17) is 5.11 Å². The fourth-order valence-electron chi connectivity index (χ4n) is 1.90. The standard InChI is InChI=1S/C13H18N4O/c1-11-15-8-13(16-11)10-17(5-6-18)9-12-3-2-4-14-7-12/h2-4,7-8,18H,5-6,9-10H2,1H3,(H,15,16). The summed E-state index contributed by atoms with van der Waals surface area (Å²) < 4.78 is 0. The Kier molecular flexibility index (Phi) is 4.44. The first-order valence-corrected chi connectivity index (χ1v) is 6.00. The van der Waals surface area contributed by atoms with Gasteiger partial charge in [0.2, 0.25) is 0 Å². The lowest BCUT2D eigenvalue weighted by atomic mass is 10.2. The van der Waals surface area contributed by atoms with Crippen molar-refractivity contribution in [1.82, 2.24) is 19.9 Å². The van der Waals surface area contributed by atoms with E-state index in [0.717, 1.165) is 30.2 Å². The van der Waals surface area contributed by atoms with E-state index in [-0.39, 0.29) is 6.61 Å². The summed E-state index contributed by atoms with van der Waals surface area (Å²) in [5.74, 6) is 0.912. The molecular formula is C13H18N4O. The Hall–Kier alpha value is -1.72. The molecule has 0 radical (unpaired) electrons. The van der Waals surface area contributed by atoms with Crippen molar-refractivity contribution in [2.24, 2.45) is 0 Å². The summed E-state index contributed by atoms with van der Waals surface area (Å²) in [6, 6.07) is 3.96. The van der Waals surface area contributed by atoms with Crippen molar-refractivity contribution in [3.05, 3.63) is 47.8 Å². The third-order valence-electron chi connectivity index (χ3n) is 2.69. The van der Waals surface area contributed by atoms with Gasteiger partial charge in [-0.2, -0.15) is 0 Å². The highest BCUT2D eigenvalue weighted by atomic mass is 16.3. The predicted molar refractivity (Wildman–Crippen MR) is 68.8 cm³/mol. The van der Waals surface area contributed by atoms with Crippen molar-refractivity contribution in [2.75, 3.05) is 13.2 Å². The van der Waals surface area contributed by atoms with Crippen LogP contribution in [0.5, 0.6) is 0 Å². The molecule has 2 N–H and O–H groups in total. The van der Waals surface area contributed by atoms with Gasteiger partial charge in [0.05, 0.1) is 6.61 Å². The lowest BCUT2D eigenvalue weighted by molar-refractivity contribution is 0.183. The predicted octanol–water partition coefficient (Wildman–Crippen LogP) is 1.11. The molecule has 0 aliphatic heterocycles. The van der Waals surface area contributed by atoms with Gasteiger partial charge in [0, 0.05) is 43.9 Å². The highest BCUT2D eigenvalue weighted by Crippen LogP contribution is 2.07. The maximum absolute atomic E-state index is 9.11. The first-order valence-electron chi connectivity index (χ1n) is 6.00. The van der Waals surface area contributed by atoms with Crippen LogP contribution in [0.4, 0.5) is 0 Å². The molecule has 0 aromatic carbocycles. The monoisotopic (exact) mass is 246 g/mol. The minimum Gasteiger partial charge on any atom is -0.395 e. The smallest absolute Gasteiger partial charge is 0.103 e. The number of aliphatic hydroxyl groups excluding tert-OH is 1. The van der Waals surface area contributed by atoms with Gasteiger partial charge in [-0.15, -0.1) is 0 Å². The first kappa shape index (κ1) is 12.7. The second-order valence-electron chi connectivity index (χ2n) is 4.29. The Morgan fingerprint density at radius 3 is 2.83 bits per heavy atom. The fourth-order valence-corrected chi connectivity index (χ4v) is 1.90. The highest BCUT2D eigenvalue weighted by molar-refractivity contribution is 5.09. The molecule has 0 aliphatic rings. The molecule has 5 heteroatoms. The Morgan fingerprint density at radius 2 is 2.22 bits per heavy atom. The normalized spacial score (nSPS) is 11.1. The maximum atomic E-state index is 9.11. The lowest BCUT2D eigenvalue weighted by Gasteiger charge is -2.20. The summed E-state index contributed by atoms with van der Waals surface area (Å²) in [7, 11) is 0. The number of aliphatic hydroxyl groups is 1. The number of nitrogens with zero attached hydrogens (tertiary/aromatic N) is 3. The van der Waals surface area contributed by atoms with Crippen LogP contribution in [0.2, 0.25) is 0 Å². The SMILES string of the molecule is Cc1ncc(CN(CCO)Cc2cccnc2)[nH]1. The van der Waals surface area contributed by atoms with Crippen molar-refractivity contribution in [3.8, 4) is 0 Å². The molecule has 0 unspecified atom stereocenters. The number of aromatic nitrogens is 3. The van der Waals surface area contributed by atoms with E-state index >= 15 is 0 Å². The summed E-state index contributed by atoms with van der Waals surface area (Å²) in [6.07, 6.45) is 5.45. The third kappa shape index (κ3) is 3.65. The Morgan fingerprint density at radius 1 is 1.33 bits per heavy atom. The highest BCUT2D eigenvalue weighted by Gasteiger charge is 2.08. The largest absolute Gasteiger partial charge is 0.395 e. The first-order chi connectivity index (χ1) is 8.78. The molecule has 0 saturated heterocycles. The molecule has 2 aromatic rings. The quantitative estimate of drug-likeness (QED) is 0.801. The van der Waals surface area contributed by atoms with Crippen LogP contribution in [0.1, 0.15) is 17.1 Å². The van der Waals surface area contributed by atoms with Gasteiger partial charge in [-0.1, -0.05) is 6.07 Å². The van der Waals surface area contributed by atoms with Crippen molar-refractivity contribution in [1.29, 1.82) is 0 Å². The van der Waals surface area contributed by atoms with Crippen LogP contribution >= 0.6 is 0 Å². The van der Waals surface area contributed by atoms with Crippen LogP contribution in [-0.2, 0) is 13.1 Å². The fraction of sp³-hybridized carbons (Fsp3) is 0.385. The zero-order chi connectivity index (χ0) is 12.8.